The van der Waals surface area contributed by atoms with Gasteiger partial charge in [0.25, 0.3) is 0 Å². The van der Waals surface area contributed by atoms with Gasteiger partial charge in [0.05, 0.1) is 9.85 Å². The second-order valence-electron chi connectivity index (χ2n) is 2.58. The highest BCUT2D eigenvalue weighted by Gasteiger charge is 2.16. The van der Waals surface area contributed by atoms with E-state index in [1.165, 1.54) is 18.2 Å². The smallest absolute Gasteiger partial charge is 0.177 e. The molecule has 1 aromatic carbocycles. The fraction of sp³-hybridized carbons (Fsp3) is 0.222. The molecule has 0 aliphatic heterocycles. The van der Waals surface area contributed by atoms with Crippen LogP contribution in [0.1, 0.15) is 17.3 Å². The van der Waals surface area contributed by atoms with Gasteiger partial charge in [0.1, 0.15) is 5.82 Å². The van der Waals surface area contributed by atoms with Gasteiger partial charge in [-0.1, -0.05) is 33.6 Å². The minimum absolute atomic E-state index is 0.112. The van der Waals surface area contributed by atoms with Crippen LogP contribution in [0, 0.1) is 5.82 Å². The third-order valence-electron chi connectivity index (χ3n) is 1.58. The Balaban J connectivity index is 3.15. The molecular formula is C9H7BrClFO. The molecule has 0 saturated heterocycles. The van der Waals surface area contributed by atoms with Crippen LogP contribution in [0.5, 0.6) is 0 Å². The molecule has 0 aliphatic rings. The average molecular weight is 266 g/mol. The van der Waals surface area contributed by atoms with Gasteiger partial charge in [-0.15, -0.1) is 0 Å². The van der Waals surface area contributed by atoms with Crippen molar-refractivity contribution in [1.82, 2.24) is 0 Å². The van der Waals surface area contributed by atoms with Gasteiger partial charge in [0.2, 0.25) is 0 Å². The van der Waals surface area contributed by atoms with Crippen LogP contribution in [0.4, 0.5) is 4.39 Å². The Morgan fingerprint density at radius 1 is 1.62 bits per heavy atom. The van der Waals surface area contributed by atoms with Crippen molar-refractivity contribution in [2.75, 3.05) is 0 Å². The summed E-state index contributed by atoms with van der Waals surface area (Å²) in [5, 5.41) is -0.112. The Kier molecular flexibility index (Phi) is 3.45. The summed E-state index contributed by atoms with van der Waals surface area (Å²) in [5.74, 6) is -0.787. The van der Waals surface area contributed by atoms with E-state index < -0.39 is 5.82 Å². The number of benzene rings is 1. The van der Waals surface area contributed by atoms with Crippen molar-refractivity contribution in [3.8, 4) is 0 Å². The number of carbonyl (C=O) groups excluding carboxylic acids is 1. The molecule has 1 aromatic rings. The normalized spacial score (nSPS) is 12.6. The van der Waals surface area contributed by atoms with Gasteiger partial charge in [0.15, 0.2) is 5.78 Å². The van der Waals surface area contributed by atoms with E-state index >= 15 is 0 Å². The van der Waals surface area contributed by atoms with Crippen molar-refractivity contribution < 1.29 is 9.18 Å². The molecule has 0 amide bonds. The maximum absolute atomic E-state index is 12.9. The Labute approximate surface area is 89.0 Å². The topological polar surface area (TPSA) is 17.1 Å². The molecule has 0 aromatic heterocycles. The van der Waals surface area contributed by atoms with Crippen LogP contribution in [0.15, 0.2) is 18.2 Å². The molecule has 70 valence electrons. The van der Waals surface area contributed by atoms with E-state index in [9.17, 15) is 9.18 Å². The summed E-state index contributed by atoms with van der Waals surface area (Å²) >= 11 is 8.72. The molecule has 1 unspecified atom stereocenters. The third kappa shape index (κ3) is 2.29. The van der Waals surface area contributed by atoms with E-state index in [2.05, 4.69) is 15.9 Å². The van der Waals surface area contributed by atoms with E-state index in [4.69, 9.17) is 11.6 Å². The maximum Gasteiger partial charge on any atom is 0.177 e. The van der Waals surface area contributed by atoms with Crippen LogP contribution in [0.3, 0.4) is 0 Å². The number of ketones is 1. The summed E-state index contributed by atoms with van der Waals surface area (Å²) in [6.07, 6.45) is 0. The third-order valence-corrected chi connectivity index (χ3v) is 2.38. The molecule has 13 heavy (non-hydrogen) atoms. The lowest BCUT2D eigenvalue weighted by atomic mass is 10.1. The zero-order valence-electron chi connectivity index (χ0n) is 6.85. The number of alkyl halides is 1. The Morgan fingerprint density at radius 2 is 2.23 bits per heavy atom. The van der Waals surface area contributed by atoms with Crippen LogP contribution >= 0.6 is 27.5 Å². The molecule has 0 bridgehead atoms. The van der Waals surface area contributed by atoms with Crippen molar-refractivity contribution in [2.24, 2.45) is 0 Å². The van der Waals surface area contributed by atoms with E-state index in [-0.39, 0.29) is 21.2 Å². The Bertz CT molecular complexity index is 338. The molecule has 1 atom stereocenters. The molecule has 0 saturated carbocycles. The van der Waals surface area contributed by atoms with Crippen molar-refractivity contribution in [1.29, 1.82) is 0 Å². The van der Waals surface area contributed by atoms with Crippen LogP contribution in [-0.4, -0.2) is 10.6 Å². The van der Waals surface area contributed by atoms with Gasteiger partial charge in [-0.25, -0.2) is 4.39 Å². The van der Waals surface area contributed by atoms with Crippen LogP contribution in [0.25, 0.3) is 0 Å². The number of rotatable bonds is 2. The standard InChI is InChI=1S/C9H7BrClFO/c1-5(10)9(13)6-3-2-4-7(12)8(6)11/h2-5H,1H3. The monoisotopic (exact) mass is 264 g/mol. The second kappa shape index (κ2) is 4.20. The molecule has 4 heteroatoms. The van der Waals surface area contributed by atoms with Crippen molar-refractivity contribution in [3.63, 3.8) is 0 Å². The minimum Gasteiger partial charge on any atom is -0.293 e. The predicted molar refractivity (Wildman–Crippen MR) is 54.1 cm³/mol. The predicted octanol–water partition coefficient (Wildman–Crippen LogP) is 3.45. The first kappa shape index (κ1) is 10.7. The lowest BCUT2D eigenvalue weighted by Crippen LogP contribution is -2.10. The van der Waals surface area contributed by atoms with Gasteiger partial charge in [-0.2, -0.15) is 0 Å². The zero-order valence-corrected chi connectivity index (χ0v) is 9.19. The number of hydrogen-bond acceptors (Lipinski definition) is 1. The quantitative estimate of drug-likeness (QED) is 0.591. The highest BCUT2D eigenvalue weighted by atomic mass is 79.9. The van der Waals surface area contributed by atoms with Gasteiger partial charge < -0.3 is 0 Å². The lowest BCUT2D eigenvalue weighted by molar-refractivity contribution is 0.0995. The van der Waals surface area contributed by atoms with Crippen LogP contribution in [-0.2, 0) is 0 Å². The maximum atomic E-state index is 12.9. The number of halogens is 3. The largest absolute Gasteiger partial charge is 0.293 e. The Hall–Kier alpha value is -0.410. The van der Waals surface area contributed by atoms with Gasteiger partial charge >= 0.3 is 0 Å². The summed E-state index contributed by atoms with van der Waals surface area (Å²) in [5.41, 5.74) is 0.214. The first-order valence-electron chi connectivity index (χ1n) is 3.66. The Morgan fingerprint density at radius 3 is 2.77 bits per heavy atom. The number of carbonyl (C=O) groups is 1. The highest BCUT2D eigenvalue weighted by molar-refractivity contribution is 9.10. The lowest BCUT2D eigenvalue weighted by Gasteiger charge is -2.04. The summed E-state index contributed by atoms with van der Waals surface area (Å²) in [4.78, 5) is 11.1. The molecule has 1 nitrogen and oxygen atoms in total. The van der Waals surface area contributed by atoms with Crippen molar-refractivity contribution in [3.05, 3.63) is 34.6 Å². The number of hydrogen-bond donors (Lipinski definition) is 0. The fourth-order valence-electron chi connectivity index (χ4n) is 0.908. The van der Waals surface area contributed by atoms with Gasteiger partial charge in [-0.05, 0) is 19.1 Å². The van der Waals surface area contributed by atoms with E-state index in [0.717, 1.165) is 0 Å². The molecule has 0 aliphatic carbocycles. The second-order valence-corrected chi connectivity index (χ2v) is 4.33. The molecule has 0 heterocycles. The molecule has 0 fully saturated rings. The summed E-state index contributed by atoms with van der Waals surface area (Å²) in [6, 6.07) is 4.19. The van der Waals surface area contributed by atoms with Crippen molar-refractivity contribution >= 4 is 33.3 Å². The first-order chi connectivity index (χ1) is 6.04. The van der Waals surface area contributed by atoms with Crippen molar-refractivity contribution in [2.45, 2.75) is 11.8 Å². The SMILES string of the molecule is CC(Br)C(=O)c1cccc(F)c1Cl. The van der Waals surface area contributed by atoms with Gasteiger partial charge in [-0.3, -0.25) is 4.79 Å². The molecule has 1 rings (SSSR count). The zero-order chi connectivity index (χ0) is 10.0. The van der Waals surface area contributed by atoms with E-state index in [1.54, 1.807) is 6.92 Å². The molecule has 0 N–H and O–H groups in total. The highest BCUT2D eigenvalue weighted by Crippen LogP contribution is 2.22. The van der Waals surface area contributed by atoms with E-state index in [0.29, 0.717) is 0 Å². The fourth-order valence-corrected chi connectivity index (χ4v) is 1.37. The van der Waals surface area contributed by atoms with Crippen LogP contribution in [0.2, 0.25) is 5.02 Å². The molecule has 0 spiro atoms. The summed E-state index contributed by atoms with van der Waals surface area (Å²) in [6.45, 7) is 1.67. The summed E-state index contributed by atoms with van der Waals surface area (Å²) < 4.78 is 12.9. The first-order valence-corrected chi connectivity index (χ1v) is 4.95. The number of Topliss-reactive ketones (excluding diaryl/α,β-unsaturated/α-hetero) is 1. The van der Waals surface area contributed by atoms with E-state index in [1.807, 2.05) is 0 Å². The van der Waals surface area contributed by atoms with Gasteiger partial charge in [0, 0.05) is 5.56 Å². The molecule has 0 radical (unpaired) electrons. The molecular weight excluding hydrogens is 258 g/mol. The average Bonchev–Trinajstić information content (AvgIpc) is 2.08. The minimum atomic E-state index is -0.569. The van der Waals surface area contributed by atoms with Crippen LogP contribution < -0.4 is 0 Å². The summed E-state index contributed by atoms with van der Waals surface area (Å²) in [7, 11) is 0.